The zero-order valence-electron chi connectivity index (χ0n) is 18.4. The molecule has 3 aromatic rings. The van der Waals surface area contributed by atoms with Crippen LogP contribution in [-0.4, -0.2) is 20.7 Å². The van der Waals surface area contributed by atoms with Gasteiger partial charge in [0.15, 0.2) is 0 Å². The molecule has 1 aliphatic carbocycles. The Labute approximate surface area is 195 Å². The highest BCUT2D eigenvalue weighted by atomic mass is 19.1. The summed E-state index contributed by atoms with van der Waals surface area (Å²) in [7, 11) is 0. The number of benzene rings is 2. The molecular weight excluding hydrogens is 433 g/mol. The maximum absolute atomic E-state index is 13.4. The molecule has 1 atom stereocenters. The third kappa shape index (κ3) is 3.57. The van der Waals surface area contributed by atoms with E-state index in [9.17, 15) is 19.7 Å². The van der Waals surface area contributed by atoms with E-state index in [1.165, 1.54) is 0 Å². The summed E-state index contributed by atoms with van der Waals surface area (Å²) in [5.74, 6) is 0.445. The van der Waals surface area contributed by atoms with Gasteiger partial charge in [0.2, 0.25) is 17.8 Å². The second kappa shape index (κ2) is 8.45. The second-order valence-electron chi connectivity index (χ2n) is 8.34. The van der Waals surface area contributed by atoms with Gasteiger partial charge in [-0.1, -0.05) is 24.3 Å². The lowest BCUT2D eigenvalue weighted by Gasteiger charge is -2.35. The van der Waals surface area contributed by atoms with Gasteiger partial charge in [-0.25, -0.2) is 4.39 Å². The fraction of sp³-hybridized carbons (Fsp3) is 0.240. The molecule has 2 aliphatic rings. The second-order valence-corrected chi connectivity index (χ2v) is 8.34. The van der Waals surface area contributed by atoms with E-state index in [-0.39, 0.29) is 17.8 Å². The number of hydrogen-bond acceptors (Lipinski definition) is 6. The predicted molar refractivity (Wildman–Crippen MR) is 122 cm³/mol. The van der Waals surface area contributed by atoms with Crippen LogP contribution >= 0.6 is 0 Å². The highest BCUT2D eigenvalue weighted by Crippen LogP contribution is 2.44. The number of alkyl halides is 1. The van der Waals surface area contributed by atoms with Crippen molar-refractivity contribution < 1.29 is 9.18 Å². The zero-order valence-corrected chi connectivity index (χ0v) is 18.4. The standard InChI is InChI=1S/C25H20FN7O/c1-15-21(14-28)22(18-7-5-16(13-27)6-8-18)33-24(29-23(34)19-9-10-19)30-31-25(33)32(15)20-4-2-3-17(11-20)12-26/h2-8,11,19,22H,9-10,12H2,1H3,(H,29,30,34). The molecule has 1 aliphatic heterocycles. The van der Waals surface area contributed by atoms with E-state index < -0.39 is 12.7 Å². The van der Waals surface area contributed by atoms with Gasteiger partial charge in [0.1, 0.15) is 12.7 Å². The van der Waals surface area contributed by atoms with Gasteiger partial charge in [0.25, 0.3) is 0 Å². The Morgan fingerprint density at radius 1 is 1.15 bits per heavy atom. The monoisotopic (exact) mass is 453 g/mol. The minimum Gasteiger partial charge on any atom is -0.294 e. The number of nitriles is 2. The molecule has 2 aromatic carbocycles. The van der Waals surface area contributed by atoms with Crippen LogP contribution in [0.25, 0.3) is 0 Å². The van der Waals surface area contributed by atoms with Gasteiger partial charge >= 0.3 is 0 Å². The number of nitrogens with one attached hydrogen (secondary N) is 1. The summed E-state index contributed by atoms with van der Waals surface area (Å²) in [5, 5.41) is 30.9. The summed E-state index contributed by atoms with van der Waals surface area (Å²) >= 11 is 0. The molecule has 1 N–H and O–H groups in total. The molecule has 0 saturated heterocycles. The predicted octanol–water partition coefficient (Wildman–Crippen LogP) is 4.51. The van der Waals surface area contributed by atoms with Crippen molar-refractivity contribution >= 4 is 23.5 Å². The Bertz CT molecular complexity index is 1390. The molecular formula is C25H20FN7O. The van der Waals surface area contributed by atoms with Crippen LogP contribution < -0.4 is 10.2 Å². The molecule has 34 heavy (non-hydrogen) atoms. The van der Waals surface area contributed by atoms with E-state index in [1.54, 1.807) is 64.9 Å². The SMILES string of the molecule is CC1=C(C#N)C(c2ccc(C#N)cc2)n2c(NC(=O)C3CC3)nnc2N1c1cccc(CF)c1. The Hall–Kier alpha value is -4.50. The molecule has 2 heterocycles. The first-order valence-electron chi connectivity index (χ1n) is 10.9. The van der Waals surface area contributed by atoms with Crippen molar-refractivity contribution in [3.05, 3.63) is 76.5 Å². The first-order chi connectivity index (χ1) is 16.5. The van der Waals surface area contributed by atoms with Gasteiger partial charge in [-0.05, 0) is 55.2 Å². The average molecular weight is 453 g/mol. The van der Waals surface area contributed by atoms with E-state index >= 15 is 0 Å². The van der Waals surface area contributed by atoms with E-state index in [4.69, 9.17) is 0 Å². The number of hydrogen-bond donors (Lipinski definition) is 1. The molecule has 8 nitrogen and oxygen atoms in total. The van der Waals surface area contributed by atoms with Crippen LogP contribution in [0.15, 0.2) is 59.8 Å². The number of nitrogens with zero attached hydrogens (tertiary/aromatic N) is 6. The number of carbonyl (C=O) groups is 1. The van der Waals surface area contributed by atoms with Crippen molar-refractivity contribution in [3.8, 4) is 12.1 Å². The van der Waals surface area contributed by atoms with E-state index in [2.05, 4.69) is 27.7 Å². The summed E-state index contributed by atoms with van der Waals surface area (Å²) in [4.78, 5) is 14.3. The maximum Gasteiger partial charge on any atom is 0.238 e. The summed E-state index contributed by atoms with van der Waals surface area (Å²) in [5.41, 5.74) is 3.40. The van der Waals surface area contributed by atoms with Crippen molar-refractivity contribution in [2.45, 2.75) is 32.5 Å². The lowest BCUT2D eigenvalue weighted by atomic mass is 9.94. The van der Waals surface area contributed by atoms with Gasteiger partial charge in [-0.3, -0.25) is 19.6 Å². The number of rotatable bonds is 5. The number of aromatic nitrogens is 3. The summed E-state index contributed by atoms with van der Waals surface area (Å²) in [6, 6.07) is 17.7. The largest absolute Gasteiger partial charge is 0.294 e. The molecule has 1 fully saturated rings. The Morgan fingerprint density at radius 3 is 2.56 bits per heavy atom. The quantitative estimate of drug-likeness (QED) is 0.609. The fourth-order valence-corrected chi connectivity index (χ4v) is 4.20. The third-order valence-electron chi connectivity index (χ3n) is 6.12. The Kier molecular flexibility index (Phi) is 5.31. The van der Waals surface area contributed by atoms with Gasteiger partial charge in [0.05, 0.1) is 23.3 Å². The number of amides is 1. The topological polar surface area (TPSA) is 111 Å². The molecule has 0 radical (unpaired) electrons. The summed E-state index contributed by atoms with van der Waals surface area (Å²) in [6.07, 6.45) is 1.66. The van der Waals surface area contributed by atoms with Crippen molar-refractivity contribution in [1.82, 2.24) is 14.8 Å². The first-order valence-corrected chi connectivity index (χ1v) is 10.9. The van der Waals surface area contributed by atoms with Crippen molar-refractivity contribution in [3.63, 3.8) is 0 Å². The summed E-state index contributed by atoms with van der Waals surface area (Å²) < 4.78 is 15.1. The molecule has 1 amide bonds. The Morgan fingerprint density at radius 2 is 1.91 bits per heavy atom. The average Bonchev–Trinajstić information content (AvgIpc) is 3.65. The third-order valence-corrected chi connectivity index (χ3v) is 6.12. The number of fused-ring (bicyclic) bond motifs is 1. The van der Waals surface area contributed by atoms with Crippen LogP contribution in [0.3, 0.4) is 0 Å². The number of allylic oxidation sites excluding steroid dienone is 2. The number of carbonyl (C=O) groups excluding carboxylic acids is 1. The van der Waals surface area contributed by atoms with Crippen LogP contribution in [0, 0.1) is 28.6 Å². The smallest absolute Gasteiger partial charge is 0.238 e. The van der Waals surface area contributed by atoms with Gasteiger partial charge in [-0.2, -0.15) is 10.5 Å². The highest BCUT2D eigenvalue weighted by Gasteiger charge is 2.38. The lowest BCUT2D eigenvalue weighted by molar-refractivity contribution is -0.117. The number of halogens is 1. The summed E-state index contributed by atoms with van der Waals surface area (Å²) in [6.45, 7) is 1.18. The minimum atomic E-state index is -0.626. The highest BCUT2D eigenvalue weighted by molar-refractivity contribution is 5.93. The maximum atomic E-state index is 13.4. The van der Waals surface area contributed by atoms with Crippen LogP contribution in [0.1, 0.15) is 42.5 Å². The molecule has 1 aromatic heterocycles. The molecule has 1 unspecified atom stereocenters. The molecule has 0 spiro atoms. The normalized spacial score (nSPS) is 17.1. The van der Waals surface area contributed by atoms with Crippen LogP contribution in [0.4, 0.5) is 22.0 Å². The van der Waals surface area contributed by atoms with Gasteiger partial charge in [0, 0.05) is 17.3 Å². The van der Waals surface area contributed by atoms with Crippen LogP contribution in [0.2, 0.25) is 0 Å². The Balaban J connectivity index is 1.71. The molecule has 5 rings (SSSR count). The van der Waals surface area contributed by atoms with Gasteiger partial charge < -0.3 is 0 Å². The molecule has 1 saturated carbocycles. The zero-order chi connectivity index (χ0) is 23.8. The molecule has 168 valence electrons. The van der Waals surface area contributed by atoms with Gasteiger partial charge in [-0.15, -0.1) is 10.2 Å². The van der Waals surface area contributed by atoms with E-state index in [0.717, 1.165) is 18.4 Å². The van der Waals surface area contributed by atoms with E-state index in [0.29, 0.717) is 34.0 Å². The van der Waals surface area contributed by atoms with E-state index in [1.807, 2.05) is 0 Å². The minimum absolute atomic E-state index is 0.0463. The first kappa shape index (κ1) is 21.4. The fourth-order valence-electron chi connectivity index (χ4n) is 4.20. The van der Waals surface area contributed by atoms with Crippen molar-refractivity contribution in [2.24, 2.45) is 5.92 Å². The lowest BCUT2D eigenvalue weighted by Crippen LogP contribution is -2.31. The molecule has 0 bridgehead atoms. The van der Waals surface area contributed by atoms with Crippen LogP contribution in [-0.2, 0) is 11.5 Å². The van der Waals surface area contributed by atoms with Crippen molar-refractivity contribution in [2.75, 3.05) is 10.2 Å². The molecule has 9 heteroatoms. The number of anilines is 3. The van der Waals surface area contributed by atoms with Crippen molar-refractivity contribution in [1.29, 1.82) is 10.5 Å². The van der Waals surface area contributed by atoms with Crippen LogP contribution in [0.5, 0.6) is 0 Å².